The van der Waals surface area contributed by atoms with Crippen LogP contribution in [0.5, 0.6) is 5.75 Å². The maximum atomic E-state index is 11.4. The Labute approximate surface area is 101 Å². The molecule has 0 amide bonds. The number of H-pyrrole nitrogens is 1. The first-order valence-corrected chi connectivity index (χ1v) is 5.40. The molecule has 0 saturated carbocycles. The van der Waals surface area contributed by atoms with E-state index in [-0.39, 0.29) is 0 Å². The number of rotatable bonds is 2. The van der Waals surface area contributed by atoms with Crippen LogP contribution in [0.4, 0.5) is 0 Å². The molecule has 1 aromatic heterocycles. The number of aromatic amines is 1. The number of carbonyl (C=O) groups is 1. The zero-order valence-corrected chi connectivity index (χ0v) is 10.4. The number of fused-ring (bicyclic) bond motifs is 1. The van der Waals surface area contributed by atoms with E-state index < -0.39 is 5.97 Å². The predicted molar refractivity (Wildman–Crippen MR) is 63.9 cm³/mol. The van der Waals surface area contributed by atoms with Gasteiger partial charge in [0.15, 0.2) is 0 Å². The van der Waals surface area contributed by atoms with Gasteiger partial charge in [-0.15, -0.1) is 0 Å². The molecule has 2 aromatic rings. The lowest BCUT2D eigenvalue weighted by Crippen LogP contribution is -2.00. The Kier molecular flexibility index (Phi) is 2.87. The third-order valence-electron chi connectivity index (χ3n) is 2.32. The second kappa shape index (κ2) is 4.17. The summed E-state index contributed by atoms with van der Waals surface area (Å²) in [5.41, 5.74) is 1.24. The van der Waals surface area contributed by atoms with E-state index in [0.717, 1.165) is 15.4 Å². The second-order valence-electron chi connectivity index (χ2n) is 3.22. The number of ether oxygens (including phenoxy) is 2. The van der Waals surface area contributed by atoms with Gasteiger partial charge in [0.25, 0.3) is 0 Å². The van der Waals surface area contributed by atoms with Crippen molar-refractivity contribution in [1.82, 2.24) is 4.98 Å². The van der Waals surface area contributed by atoms with Crippen LogP contribution in [-0.4, -0.2) is 25.2 Å². The van der Waals surface area contributed by atoms with Crippen LogP contribution in [0.2, 0.25) is 0 Å². The number of halogens is 1. The first kappa shape index (κ1) is 11.0. The number of methoxy groups -OCH3 is 2. The van der Waals surface area contributed by atoms with Crippen molar-refractivity contribution in [3.05, 3.63) is 28.4 Å². The average molecular weight is 284 g/mol. The third kappa shape index (κ3) is 1.67. The van der Waals surface area contributed by atoms with Gasteiger partial charge in [-0.05, 0) is 34.1 Å². The Morgan fingerprint density at radius 1 is 1.38 bits per heavy atom. The number of hydrogen-bond acceptors (Lipinski definition) is 3. The molecule has 5 heteroatoms. The quantitative estimate of drug-likeness (QED) is 0.863. The van der Waals surface area contributed by atoms with Gasteiger partial charge in [0.1, 0.15) is 11.4 Å². The molecular formula is C11H10BrNO3. The second-order valence-corrected chi connectivity index (χ2v) is 4.07. The third-order valence-corrected chi connectivity index (χ3v) is 2.94. The molecule has 0 bridgehead atoms. The van der Waals surface area contributed by atoms with Gasteiger partial charge in [0.05, 0.1) is 18.7 Å². The lowest BCUT2D eigenvalue weighted by molar-refractivity contribution is 0.0595. The summed E-state index contributed by atoms with van der Waals surface area (Å²) >= 11 is 3.39. The number of aromatic nitrogens is 1. The molecular weight excluding hydrogens is 274 g/mol. The minimum Gasteiger partial charge on any atom is -0.495 e. The SMILES string of the molecule is COC(=O)c1cc2c(OC)c(Br)ccc2[nH]1. The van der Waals surface area contributed by atoms with Crippen molar-refractivity contribution in [2.45, 2.75) is 0 Å². The number of hydrogen-bond donors (Lipinski definition) is 1. The van der Waals surface area contributed by atoms with Crippen molar-refractivity contribution >= 4 is 32.8 Å². The maximum absolute atomic E-state index is 11.4. The first-order valence-electron chi connectivity index (χ1n) is 4.61. The van der Waals surface area contributed by atoms with Crippen molar-refractivity contribution in [3.8, 4) is 5.75 Å². The Morgan fingerprint density at radius 2 is 2.12 bits per heavy atom. The van der Waals surface area contributed by atoms with Crippen molar-refractivity contribution < 1.29 is 14.3 Å². The lowest BCUT2D eigenvalue weighted by Gasteiger charge is -2.03. The summed E-state index contributed by atoms with van der Waals surface area (Å²) in [6, 6.07) is 5.44. The topological polar surface area (TPSA) is 51.3 Å². The van der Waals surface area contributed by atoms with Crippen molar-refractivity contribution in [1.29, 1.82) is 0 Å². The molecule has 1 aromatic carbocycles. The Morgan fingerprint density at radius 3 is 2.75 bits per heavy atom. The van der Waals surface area contributed by atoms with Crippen molar-refractivity contribution in [3.63, 3.8) is 0 Å². The van der Waals surface area contributed by atoms with Gasteiger partial charge in [-0.2, -0.15) is 0 Å². The summed E-state index contributed by atoms with van der Waals surface area (Å²) < 4.78 is 10.8. The fourth-order valence-electron chi connectivity index (χ4n) is 1.58. The molecule has 0 aliphatic heterocycles. The Bertz CT molecular complexity index is 547. The van der Waals surface area contributed by atoms with Crippen LogP contribution >= 0.6 is 15.9 Å². The highest BCUT2D eigenvalue weighted by Crippen LogP contribution is 2.33. The maximum Gasteiger partial charge on any atom is 0.354 e. The molecule has 2 rings (SSSR count). The Hall–Kier alpha value is -1.49. The molecule has 0 radical (unpaired) electrons. The van der Waals surface area contributed by atoms with E-state index in [2.05, 4.69) is 25.7 Å². The van der Waals surface area contributed by atoms with Crippen LogP contribution in [0.3, 0.4) is 0 Å². The zero-order valence-electron chi connectivity index (χ0n) is 8.83. The van der Waals surface area contributed by atoms with Crippen LogP contribution in [0.15, 0.2) is 22.7 Å². The fraction of sp³-hybridized carbons (Fsp3) is 0.182. The fourth-order valence-corrected chi connectivity index (χ4v) is 2.09. The standard InChI is InChI=1S/C11H10BrNO3/c1-15-10-6-5-9(11(14)16-2)13-8(6)4-3-7(10)12/h3-5,13H,1-2H3. The molecule has 0 fully saturated rings. The van der Waals surface area contributed by atoms with E-state index in [9.17, 15) is 4.79 Å². The van der Waals surface area contributed by atoms with Gasteiger partial charge in [0, 0.05) is 10.9 Å². The number of carbonyl (C=O) groups excluding carboxylic acids is 1. The summed E-state index contributed by atoms with van der Waals surface area (Å²) in [5.74, 6) is 0.304. The average Bonchev–Trinajstić information content (AvgIpc) is 2.71. The van der Waals surface area contributed by atoms with Crippen molar-refractivity contribution in [2.24, 2.45) is 0 Å². The summed E-state index contributed by atoms with van der Waals surface area (Å²) in [6.07, 6.45) is 0. The van der Waals surface area contributed by atoms with E-state index >= 15 is 0 Å². The summed E-state index contributed by atoms with van der Waals surface area (Å²) in [4.78, 5) is 14.3. The number of esters is 1. The van der Waals surface area contributed by atoms with Gasteiger partial charge in [0.2, 0.25) is 0 Å². The van der Waals surface area contributed by atoms with E-state index in [1.54, 1.807) is 13.2 Å². The van der Waals surface area contributed by atoms with Gasteiger partial charge in [-0.1, -0.05) is 0 Å². The molecule has 0 aliphatic carbocycles. The number of nitrogens with one attached hydrogen (secondary N) is 1. The van der Waals surface area contributed by atoms with Crippen molar-refractivity contribution in [2.75, 3.05) is 14.2 Å². The van der Waals surface area contributed by atoms with Gasteiger partial charge in [-0.25, -0.2) is 4.79 Å². The first-order chi connectivity index (χ1) is 7.67. The number of benzene rings is 1. The molecule has 84 valence electrons. The molecule has 4 nitrogen and oxygen atoms in total. The van der Waals surface area contributed by atoms with E-state index in [1.165, 1.54) is 7.11 Å². The minimum atomic E-state index is -0.394. The molecule has 1 N–H and O–H groups in total. The highest BCUT2D eigenvalue weighted by molar-refractivity contribution is 9.10. The highest BCUT2D eigenvalue weighted by Gasteiger charge is 2.13. The van der Waals surface area contributed by atoms with Crippen LogP contribution in [0, 0.1) is 0 Å². The largest absolute Gasteiger partial charge is 0.495 e. The van der Waals surface area contributed by atoms with E-state index in [4.69, 9.17) is 4.74 Å². The van der Waals surface area contributed by atoms with Crippen LogP contribution in [0.1, 0.15) is 10.5 Å². The lowest BCUT2D eigenvalue weighted by atomic mass is 10.2. The van der Waals surface area contributed by atoms with Gasteiger partial charge in [-0.3, -0.25) is 0 Å². The highest BCUT2D eigenvalue weighted by atomic mass is 79.9. The predicted octanol–water partition coefficient (Wildman–Crippen LogP) is 2.73. The van der Waals surface area contributed by atoms with Gasteiger partial charge < -0.3 is 14.5 Å². The monoisotopic (exact) mass is 283 g/mol. The summed E-state index contributed by atoms with van der Waals surface area (Å²) in [6.45, 7) is 0. The molecule has 0 aliphatic rings. The van der Waals surface area contributed by atoms with Crippen LogP contribution in [0.25, 0.3) is 10.9 Å². The Balaban J connectivity index is 2.65. The van der Waals surface area contributed by atoms with Gasteiger partial charge >= 0.3 is 5.97 Å². The molecule has 16 heavy (non-hydrogen) atoms. The minimum absolute atomic E-state index is 0.394. The normalized spacial score (nSPS) is 10.4. The molecule has 1 heterocycles. The summed E-state index contributed by atoms with van der Waals surface area (Å²) in [7, 11) is 2.94. The van der Waals surface area contributed by atoms with Crippen LogP contribution < -0.4 is 4.74 Å². The summed E-state index contributed by atoms with van der Waals surface area (Å²) in [5, 5.41) is 0.845. The molecule has 0 saturated heterocycles. The van der Waals surface area contributed by atoms with Crippen LogP contribution in [-0.2, 0) is 4.74 Å². The molecule has 0 spiro atoms. The van der Waals surface area contributed by atoms with E-state index in [1.807, 2.05) is 12.1 Å². The van der Waals surface area contributed by atoms with E-state index in [0.29, 0.717) is 11.4 Å². The smallest absolute Gasteiger partial charge is 0.354 e. The molecule has 0 atom stereocenters. The zero-order chi connectivity index (χ0) is 11.7. The molecule has 0 unspecified atom stereocenters.